The zero-order chi connectivity index (χ0) is 16.2. The number of fused-ring (bicyclic) bond motifs is 1. The highest BCUT2D eigenvalue weighted by molar-refractivity contribution is 5.74. The van der Waals surface area contributed by atoms with Crippen molar-refractivity contribution in [3.8, 4) is 0 Å². The summed E-state index contributed by atoms with van der Waals surface area (Å²) < 4.78 is 20.4. The first-order valence-electron chi connectivity index (χ1n) is 7.47. The predicted molar refractivity (Wildman–Crippen MR) is 85.3 cm³/mol. The molecule has 23 heavy (non-hydrogen) atoms. The van der Waals surface area contributed by atoms with Crippen LogP contribution in [0.4, 0.5) is 4.39 Å². The smallest absolute Gasteiger partial charge is 0.125 e. The first-order chi connectivity index (χ1) is 11.2. The fourth-order valence-electron chi connectivity index (χ4n) is 2.55. The topological polar surface area (TPSA) is 59.0 Å². The van der Waals surface area contributed by atoms with Gasteiger partial charge in [-0.25, -0.2) is 14.4 Å². The first-order valence-corrected chi connectivity index (χ1v) is 7.47. The van der Waals surface area contributed by atoms with Crippen LogP contribution in [0.15, 0.2) is 30.6 Å². The molecule has 3 rings (SSSR count). The number of nitrogens with zero attached hydrogens (tertiary/aromatic N) is 4. The molecule has 0 aliphatic heterocycles. The number of methoxy groups -OCH3 is 1. The molecule has 1 N–H and O–H groups in total. The van der Waals surface area contributed by atoms with E-state index in [4.69, 9.17) is 4.74 Å². The molecule has 3 aromatic rings. The Morgan fingerprint density at radius 3 is 3.04 bits per heavy atom. The van der Waals surface area contributed by atoms with Crippen molar-refractivity contribution in [2.45, 2.75) is 19.6 Å². The molecule has 0 spiro atoms. The molecular formula is C16H20FN5O. The van der Waals surface area contributed by atoms with Crippen LogP contribution in [0.25, 0.3) is 11.0 Å². The van der Waals surface area contributed by atoms with E-state index in [1.807, 2.05) is 13.2 Å². The van der Waals surface area contributed by atoms with Crippen LogP contribution in [0.5, 0.6) is 0 Å². The number of imidazole rings is 2. The van der Waals surface area contributed by atoms with Crippen LogP contribution in [0.1, 0.15) is 11.6 Å². The van der Waals surface area contributed by atoms with E-state index in [1.54, 1.807) is 19.4 Å². The van der Waals surface area contributed by atoms with Crippen molar-refractivity contribution in [3.05, 3.63) is 48.1 Å². The van der Waals surface area contributed by atoms with E-state index >= 15 is 0 Å². The number of H-pyrrole nitrogens is 1. The molecule has 0 unspecified atom stereocenters. The molecule has 0 aliphatic rings. The zero-order valence-electron chi connectivity index (χ0n) is 13.3. The van der Waals surface area contributed by atoms with Crippen molar-refractivity contribution < 1.29 is 9.13 Å². The molecule has 0 saturated carbocycles. The summed E-state index contributed by atoms with van der Waals surface area (Å²) in [5.41, 5.74) is 1.49. The molecule has 2 aromatic heterocycles. The number of nitrogens with one attached hydrogen (secondary N) is 1. The van der Waals surface area contributed by atoms with Gasteiger partial charge in [-0.2, -0.15) is 0 Å². The van der Waals surface area contributed by atoms with Crippen LogP contribution in [0.2, 0.25) is 0 Å². The molecule has 0 radical (unpaired) electrons. The van der Waals surface area contributed by atoms with E-state index in [0.717, 1.165) is 29.2 Å². The van der Waals surface area contributed by atoms with E-state index in [2.05, 4.69) is 24.4 Å². The second-order valence-electron chi connectivity index (χ2n) is 5.55. The van der Waals surface area contributed by atoms with Crippen molar-refractivity contribution in [1.82, 2.24) is 24.4 Å². The number of benzene rings is 1. The molecule has 1 aromatic carbocycles. The van der Waals surface area contributed by atoms with Gasteiger partial charge >= 0.3 is 0 Å². The first kappa shape index (κ1) is 15.6. The standard InChI is InChI=1S/C16H20FN5O/c1-21(11-16-18-5-6-22(16)7-8-23-2)10-15-19-13-4-3-12(17)9-14(13)20-15/h3-6,9H,7-8,10-11H2,1-2H3,(H,19,20). The molecule has 0 fully saturated rings. The second kappa shape index (κ2) is 6.89. The minimum atomic E-state index is -0.263. The van der Waals surface area contributed by atoms with Gasteiger partial charge in [0, 0.05) is 26.0 Å². The lowest BCUT2D eigenvalue weighted by Crippen LogP contribution is -2.21. The molecule has 0 aliphatic carbocycles. The third kappa shape index (κ3) is 3.75. The van der Waals surface area contributed by atoms with Gasteiger partial charge in [0.2, 0.25) is 0 Å². The van der Waals surface area contributed by atoms with Gasteiger partial charge in [-0.1, -0.05) is 0 Å². The minimum Gasteiger partial charge on any atom is -0.383 e. The maximum atomic E-state index is 13.2. The number of aromatic amines is 1. The fourth-order valence-corrected chi connectivity index (χ4v) is 2.55. The van der Waals surface area contributed by atoms with Gasteiger partial charge in [-0.05, 0) is 25.2 Å². The third-order valence-corrected chi connectivity index (χ3v) is 3.66. The number of hydrogen-bond donors (Lipinski definition) is 1. The Kier molecular flexibility index (Phi) is 4.68. The van der Waals surface area contributed by atoms with Gasteiger partial charge in [0.25, 0.3) is 0 Å². The van der Waals surface area contributed by atoms with E-state index in [9.17, 15) is 4.39 Å². The third-order valence-electron chi connectivity index (χ3n) is 3.66. The summed E-state index contributed by atoms with van der Waals surface area (Å²) in [6, 6.07) is 4.56. The molecule has 0 atom stereocenters. The summed E-state index contributed by atoms with van der Waals surface area (Å²) in [6.45, 7) is 2.77. The largest absolute Gasteiger partial charge is 0.383 e. The number of ether oxygens (including phenoxy) is 1. The Balaban J connectivity index is 1.66. The predicted octanol–water partition coefficient (Wildman–Crippen LogP) is 2.18. The van der Waals surface area contributed by atoms with Gasteiger partial charge in [0.15, 0.2) is 0 Å². The van der Waals surface area contributed by atoms with Crippen LogP contribution >= 0.6 is 0 Å². The normalized spacial score (nSPS) is 11.7. The van der Waals surface area contributed by atoms with Gasteiger partial charge in [0.1, 0.15) is 17.5 Å². The van der Waals surface area contributed by atoms with Gasteiger partial charge in [-0.15, -0.1) is 0 Å². The highest BCUT2D eigenvalue weighted by Crippen LogP contribution is 2.14. The summed E-state index contributed by atoms with van der Waals surface area (Å²) in [6.07, 6.45) is 3.74. The number of aromatic nitrogens is 4. The molecular weight excluding hydrogens is 297 g/mol. The summed E-state index contributed by atoms with van der Waals surface area (Å²) >= 11 is 0. The Morgan fingerprint density at radius 2 is 2.22 bits per heavy atom. The maximum Gasteiger partial charge on any atom is 0.125 e. The fraction of sp³-hybridized carbons (Fsp3) is 0.375. The van der Waals surface area contributed by atoms with Crippen LogP contribution in [-0.4, -0.2) is 45.2 Å². The van der Waals surface area contributed by atoms with Gasteiger partial charge in [0.05, 0.1) is 30.7 Å². The Labute approximate surface area is 133 Å². The summed E-state index contributed by atoms with van der Waals surface area (Å²) in [4.78, 5) is 14.1. The van der Waals surface area contributed by atoms with E-state index in [0.29, 0.717) is 19.7 Å². The highest BCUT2D eigenvalue weighted by atomic mass is 19.1. The van der Waals surface area contributed by atoms with Crippen LogP contribution in [0.3, 0.4) is 0 Å². The van der Waals surface area contributed by atoms with Crippen LogP contribution in [-0.2, 0) is 24.4 Å². The lowest BCUT2D eigenvalue weighted by Gasteiger charge is -2.16. The molecule has 122 valence electrons. The average Bonchev–Trinajstić information content (AvgIpc) is 3.10. The molecule has 7 heteroatoms. The zero-order valence-corrected chi connectivity index (χ0v) is 13.3. The molecule has 0 amide bonds. The molecule has 2 heterocycles. The molecule has 0 bridgehead atoms. The Morgan fingerprint density at radius 1 is 1.35 bits per heavy atom. The van der Waals surface area contributed by atoms with E-state index in [-0.39, 0.29) is 5.82 Å². The van der Waals surface area contributed by atoms with E-state index in [1.165, 1.54) is 12.1 Å². The quantitative estimate of drug-likeness (QED) is 0.725. The number of halogens is 1. The number of hydrogen-bond acceptors (Lipinski definition) is 4. The summed E-state index contributed by atoms with van der Waals surface area (Å²) in [5, 5.41) is 0. The SMILES string of the molecule is COCCn1ccnc1CN(C)Cc1nc2ccc(F)cc2[nH]1. The summed E-state index contributed by atoms with van der Waals surface area (Å²) in [5.74, 6) is 1.52. The molecule has 0 saturated heterocycles. The number of rotatable bonds is 7. The second-order valence-corrected chi connectivity index (χ2v) is 5.55. The van der Waals surface area contributed by atoms with Crippen molar-refractivity contribution >= 4 is 11.0 Å². The van der Waals surface area contributed by atoms with E-state index < -0.39 is 0 Å². The molecule has 6 nitrogen and oxygen atoms in total. The lowest BCUT2D eigenvalue weighted by molar-refractivity contribution is 0.184. The Hall–Kier alpha value is -2.25. The van der Waals surface area contributed by atoms with Crippen molar-refractivity contribution in [1.29, 1.82) is 0 Å². The van der Waals surface area contributed by atoms with Crippen LogP contribution < -0.4 is 0 Å². The van der Waals surface area contributed by atoms with Gasteiger partial charge < -0.3 is 14.3 Å². The maximum absolute atomic E-state index is 13.2. The summed E-state index contributed by atoms with van der Waals surface area (Å²) in [7, 11) is 3.69. The van der Waals surface area contributed by atoms with Crippen molar-refractivity contribution in [3.63, 3.8) is 0 Å². The Bertz CT molecular complexity index is 782. The highest BCUT2D eigenvalue weighted by Gasteiger charge is 2.10. The minimum absolute atomic E-state index is 0.263. The van der Waals surface area contributed by atoms with Gasteiger partial charge in [-0.3, -0.25) is 4.90 Å². The van der Waals surface area contributed by atoms with Crippen LogP contribution in [0, 0.1) is 5.82 Å². The van der Waals surface area contributed by atoms with Crippen molar-refractivity contribution in [2.75, 3.05) is 20.8 Å². The van der Waals surface area contributed by atoms with Crippen molar-refractivity contribution in [2.24, 2.45) is 0 Å². The monoisotopic (exact) mass is 317 g/mol. The average molecular weight is 317 g/mol. The lowest BCUT2D eigenvalue weighted by atomic mass is 10.3.